The molecule has 12 nitrogen and oxygen atoms in total. The quantitative estimate of drug-likeness (QED) is 0.391. The van der Waals surface area contributed by atoms with Crippen molar-refractivity contribution in [2.45, 2.75) is 20.0 Å². The van der Waals surface area contributed by atoms with Gasteiger partial charge in [0.15, 0.2) is 5.82 Å². The number of benzene rings is 1. The fourth-order valence-electron chi connectivity index (χ4n) is 3.00. The molecular weight excluding hydrogens is 454 g/mol. The van der Waals surface area contributed by atoms with Crippen molar-refractivity contribution in [3.8, 4) is 28.8 Å². The van der Waals surface area contributed by atoms with Crippen LogP contribution in [0.3, 0.4) is 0 Å². The molecule has 0 spiro atoms. The summed E-state index contributed by atoms with van der Waals surface area (Å²) in [6, 6.07) is 9.85. The zero-order valence-corrected chi connectivity index (χ0v) is 19.5. The van der Waals surface area contributed by atoms with Crippen LogP contribution < -0.4 is 20.1 Å². The minimum absolute atomic E-state index is 0.0935. The molecule has 2 amide bonds. The third-order valence-corrected chi connectivity index (χ3v) is 4.51. The van der Waals surface area contributed by atoms with Crippen molar-refractivity contribution in [3.05, 3.63) is 60.2 Å². The highest BCUT2D eigenvalue weighted by atomic mass is 16.5. The van der Waals surface area contributed by atoms with E-state index in [2.05, 4.69) is 30.9 Å². The molecule has 0 aliphatic rings. The standard InChI is InChI=1S/C23H23N7O5/c1-13(2)33-16-9-14(20(31)26-19-7-8-30(4)29-19)10-17(11-16)34-15-5-6-18(25-12-15)22-27-28-23(35-22)21(32)24-3/h5-13H,1-4H3,(H,24,32)(H,26,29,31). The Balaban J connectivity index is 1.54. The Labute approximate surface area is 200 Å². The lowest BCUT2D eigenvalue weighted by atomic mass is 10.2. The summed E-state index contributed by atoms with van der Waals surface area (Å²) in [5.41, 5.74) is 0.702. The molecule has 0 saturated carbocycles. The number of hydrogen-bond donors (Lipinski definition) is 2. The maximum absolute atomic E-state index is 12.8. The second-order valence-electron chi connectivity index (χ2n) is 7.66. The maximum Gasteiger partial charge on any atom is 0.308 e. The summed E-state index contributed by atoms with van der Waals surface area (Å²) in [6.45, 7) is 3.77. The van der Waals surface area contributed by atoms with Crippen LogP contribution in [0.1, 0.15) is 34.9 Å². The van der Waals surface area contributed by atoms with Crippen molar-refractivity contribution in [1.82, 2.24) is 30.3 Å². The van der Waals surface area contributed by atoms with Gasteiger partial charge < -0.3 is 24.5 Å². The minimum atomic E-state index is -0.491. The number of nitrogens with zero attached hydrogens (tertiary/aromatic N) is 5. The molecule has 0 fully saturated rings. The van der Waals surface area contributed by atoms with Crippen molar-refractivity contribution in [1.29, 1.82) is 0 Å². The zero-order valence-electron chi connectivity index (χ0n) is 19.5. The van der Waals surface area contributed by atoms with Crippen LogP contribution in [-0.4, -0.2) is 49.9 Å². The number of rotatable bonds is 8. The molecule has 1 aromatic carbocycles. The predicted octanol–water partition coefficient (Wildman–Crippen LogP) is 3.06. The van der Waals surface area contributed by atoms with E-state index >= 15 is 0 Å². The highest BCUT2D eigenvalue weighted by molar-refractivity contribution is 6.04. The summed E-state index contributed by atoms with van der Waals surface area (Å²) < 4.78 is 18.6. The minimum Gasteiger partial charge on any atom is -0.491 e. The first-order valence-electron chi connectivity index (χ1n) is 10.6. The first-order chi connectivity index (χ1) is 16.8. The number of aromatic nitrogens is 5. The molecule has 0 radical (unpaired) electrons. The molecule has 0 aliphatic carbocycles. The second-order valence-corrected chi connectivity index (χ2v) is 7.66. The average Bonchev–Trinajstić information content (AvgIpc) is 3.48. The number of hydrogen-bond acceptors (Lipinski definition) is 9. The van der Waals surface area contributed by atoms with Crippen LogP contribution in [0.4, 0.5) is 5.82 Å². The molecular formula is C23H23N7O5. The Hall–Kier alpha value is -4.74. The maximum atomic E-state index is 12.8. The molecule has 12 heteroatoms. The van der Waals surface area contributed by atoms with Gasteiger partial charge >= 0.3 is 11.8 Å². The lowest BCUT2D eigenvalue weighted by molar-refractivity contribution is 0.0928. The summed E-state index contributed by atoms with van der Waals surface area (Å²) >= 11 is 0. The van der Waals surface area contributed by atoms with Gasteiger partial charge in [-0.05, 0) is 38.1 Å². The zero-order chi connectivity index (χ0) is 24.9. The topological polar surface area (TPSA) is 146 Å². The molecule has 180 valence electrons. The monoisotopic (exact) mass is 477 g/mol. The number of pyridine rings is 1. The van der Waals surface area contributed by atoms with Crippen molar-refractivity contribution in [3.63, 3.8) is 0 Å². The molecule has 0 unspecified atom stereocenters. The van der Waals surface area contributed by atoms with Crippen LogP contribution in [0.25, 0.3) is 11.6 Å². The van der Waals surface area contributed by atoms with Crippen molar-refractivity contribution >= 4 is 17.6 Å². The van der Waals surface area contributed by atoms with E-state index in [1.807, 2.05) is 13.8 Å². The van der Waals surface area contributed by atoms with Crippen LogP contribution in [0.2, 0.25) is 0 Å². The SMILES string of the molecule is CNC(=O)c1nnc(-c2ccc(Oc3cc(OC(C)C)cc(C(=O)Nc4ccn(C)n4)c3)cn2)o1. The first kappa shape index (κ1) is 23.4. The van der Waals surface area contributed by atoms with Gasteiger partial charge in [0, 0.05) is 38.0 Å². The van der Waals surface area contributed by atoms with Gasteiger partial charge in [-0.2, -0.15) is 5.10 Å². The molecule has 2 N–H and O–H groups in total. The number of carbonyl (C=O) groups is 2. The number of carbonyl (C=O) groups excluding carboxylic acids is 2. The summed E-state index contributed by atoms with van der Waals surface area (Å²) in [5.74, 6) is 0.756. The van der Waals surface area contributed by atoms with E-state index in [1.165, 1.54) is 13.2 Å². The third kappa shape index (κ3) is 5.79. The first-order valence-corrected chi connectivity index (χ1v) is 10.6. The normalized spacial score (nSPS) is 10.8. The van der Waals surface area contributed by atoms with Crippen LogP contribution in [0.5, 0.6) is 17.2 Å². The van der Waals surface area contributed by atoms with Gasteiger partial charge in [-0.1, -0.05) is 0 Å². The molecule has 4 rings (SSSR count). The Morgan fingerprint density at radius 2 is 1.83 bits per heavy atom. The Bertz CT molecular complexity index is 1340. The summed E-state index contributed by atoms with van der Waals surface area (Å²) in [4.78, 5) is 28.7. The van der Waals surface area contributed by atoms with Gasteiger partial charge in [0.1, 0.15) is 22.9 Å². The number of nitrogens with one attached hydrogen (secondary N) is 2. The fraction of sp³-hybridized carbons (Fsp3) is 0.217. The number of amides is 2. The molecule has 35 heavy (non-hydrogen) atoms. The van der Waals surface area contributed by atoms with E-state index in [0.29, 0.717) is 34.3 Å². The lowest BCUT2D eigenvalue weighted by Gasteiger charge is -2.14. The predicted molar refractivity (Wildman–Crippen MR) is 124 cm³/mol. The van der Waals surface area contributed by atoms with Gasteiger partial charge in [-0.25, -0.2) is 4.98 Å². The third-order valence-electron chi connectivity index (χ3n) is 4.51. The lowest BCUT2D eigenvalue weighted by Crippen LogP contribution is -2.17. The van der Waals surface area contributed by atoms with E-state index in [9.17, 15) is 9.59 Å². The van der Waals surface area contributed by atoms with Crippen LogP contribution >= 0.6 is 0 Å². The van der Waals surface area contributed by atoms with Gasteiger partial charge in [0.2, 0.25) is 0 Å². The van der Waals surface area contributed by atoms with Gasteiger partial charge in [0.25, 0.3) is 11.8 Å². The van der Waals surface area contributed by atoms with Crippen molar-refractivity contribution < 1.29 is 23.5 Å². The number of aryl methyl sites for hydroxylation is 1. The van der Waals surface area contributed by atoms with E-state index in [0.717, 1.165) is 0 Å². The summed E-state index contributed by atoms with van der Waals surface area (Å²) in [7, 11) is 3.22. The molecule has 0 saturated heterocycles. The smallest absolute Gasteiger partial charge is 0.308 e. The van der Waals surface area contributed by atoms with Gasteiger partial charge in [0.05, 0.1) is 12.3 Å². The van der Waals surface area contributed by atoms with Crippen LogP contribution in [0, 0.1) is 0 Å². The molecule has 3 aromatic heterocycles. The Kier molecular flexibility index (Phi) is 6.71. The van der Waals surface area contributed by atoms with Crippen LogP contribution in [-0.2, 0) is 7.05 Å². The van der Waals surface area contributed by atoms with E-state index in [1.54, 1.807) is 54.3 Å². The van der Waals surface area contributed by atoms with E-state index < -0.39 is 5.91 Å². The molecule has 0 atom stereocenters. The van der Waals surface area contributed by atoms with Gasteiger partial charge in [-0.3, -0.25) is 14.3 Å². The second kappa shape index (κ2) is 10.0. The van der Waals surface area contributed by atoms with Crippen LogP contribution in [0.15, 0.2) is 53.2 Å². The number of ether oxygens (including phenoxy) is 2. The molecule has 4 aromatic rings. The van der Waals surface area contributed by atoms with Gasteiger partial charge in [-0.15, -0.1) is 10.2 Å². The Morgan fingerprint density at radius 1 is 1.03 bits per heavy atom. The Morgan fingerprint density at radius 3 is 2.49 bits per heavy atom. The average molecular weight is 477 g/mol. The molecule has 3 heterocycles. The number of anilines is 1. The summed E-state index contributed by atoms with van der Waals surface area (Å²) in [6.07, 6.45) is 3.09. The van der Waals surface area contributed by atoms with E-state index in [-0.39, 0.29) is 23.8 Å². The highest BCUT2D eigenvalue weighted by Crippen LogP contribution is 2.29. The highest BCUT2D eigenvalue weighted by Gasteiger charge is 2.16. The molecule has 0 aliphatic heterocycles. The van der Waals surface area contributed by atoms with E-state index in [4.69, 9.17) is 13.9 Å². The largest absolute Gasteiger partial charge is 0.491 e. The fourth-order valence-corrected chi connectivity index (χ4v) is 3.00. The molecule has 0 bridgehead atoms. The van der Waals surface area contributed by atoms with Crippen molar-refractivity contribution in [2.75, 3.05) is 12.4 Å². The van der Waals surface area contributed by atoms with Crippen molar-refractivity contribution in [2.24, 2.45) is 7.05 Å². The summed E-state index contributed by atoms with van der Waals surface area (Å²) in [5, 5.41) is 16.8.